The van der Waals surface area contributed by atoms with E-state index < -0.39 is 17.5 Å². The minimum atomic E-state index is -1.20. The van der Waals surface area contributed by atoms with E-state index in [2.05, 4.69) is 4.90 Å². The van der Waals surface area contributed by atoms with Gasteiger partial charge < -0.3 is 5.73 Å². The normalized spacial score (nSPS) is 19.9. The summed E-state index contributed by atoms with van der Waals surface area (Å²) in [5, 5.41) is 0. The van der Waals surface area contributed by atoms with Crippen LogP contribution in [0.25, 0.3) is 11.1 Å². The second-order valence-electron chi connectivity index (χ2n) is 8.17. The van der Waals surface area contributed by atoms with Crippen molar-refractivity contribution in [3.63, 3.8) is 0 Å². The molecule has 1 heterocycles. The molecule has 0 amide bonds. The number of nitrogens with zero attached hydrogens (tertiary/aromatic N) is 1. The van der Waals surface area contributed by atoms with Crippen LogP contribution in [0.3, 0.4) is 0 Å². The zero-order valence-electron chi connectivity index (χ0n) is 17.0. The van der Waals surface area contributed by atoms with Gasteiger partial charge in [-0.15, -0.1) is 0 Å². The molecule has 2 aromatic carbocycles. The van der Waals surface area contributed by atoms with Gasteiger partial charge in [-0.25, -0.2) is 13.2 Å². The second kappa shape index (κ2) is 8.67. The van der Waals surface area contributed by atoms with E-state index in [0.29, 0.717) is 24.6 Å². The molecule has 156 valence electrons. The molecule has 2 unspecified atom stereocenters. The van der Waals surface area contributed by atoms with Gasteiger partial charge in [0, 0.05) is 36.2 Å². The Labute approximate surface area is 169 Å². The Morgan fingerprint density at radius 2 is 1.93 bits per heavy atom. The molecule has 0 aliphatic carbocycles. The maximum Gasteiger partial charge on any atom is 0.167 e. The molecule has 29 heavy (non-hydrogen) atoms. The standard InChI is InChI=1S/C23H27F3N2O/c1-13(2)21(29)12-28-8-7-19(27)20(28)10-15-5-4-6-16(9-15)22-14(3)17(24)11-18(25)23(22)26/h4-6,9,11,13,19-20H,7-8,10,12,27H2,1-3H3. The average molecular weight is 404 g/mol. The zero-order chi connectivity index (χ0) is 21.3. The summed E-state index contributed by atoms with van der Waals surface area (Å²) in [7, 11) is 0. The summed E-state index contributed by atoms with van der Waals surface area (Å²) in [5.41, 5.74) is 7.61. The lowest BCUT2D eigenvalue weighted by molar-refractivity contribution is -0.123. The van der Waals surface area contributed by atoms with Gasteiger partial charge >= 0.3 is 0 Å². The lowest BCUT2D eigenvalue weighted by Crippen LogP contribution is -2.43. The number of benzene rings is 2. The lowest BCUT2D eigenvalue weighted by Gasteiger charge is -2.27. The number of hydrogen-bond acceptors (Lipinski definition) is 3. The third-order valence-corrected chi connectivity index (χ3v) is 5.79. The van der Waals surface area contributed by atoms with E-state index in [1.54, 1.807) is 18.2 Å². The molecule has 6 heteroatoms. The Morgan fingerprint density at radius 1 is 1.21 bits per heavy atom. The van der Waals surface area contributed by atoms with Crippen LogP contribution in [0.4, 0.5) is 13.2 Å². The molecule has 2 atom stereocenters. The lowest BCUT2D eigenvalue weighted by atomic mass is 9.94. The van der Waals surface area contributed by atoms with Crippen molar-refractivity contribution in [2.24, 2.45) is 11.7 Å². The maximum atomic E-state index is 14.4. The van der Waals surface area contributed by atoms with Gasteiger partial charge in [0.15, 0.2) is 11.6 Å². The molecular weight excluding hydrogens is 377 g/mol. The van der Waals surface area contributed by atoms with Crippen molar-refractivity contribution in [3.05, 3.63) is 58.9 Å². The molecular formula is C23H27F3N2O. The number of rotatable bonds is 6. The first kappa shape index (κ1) is 21.5. The summed E-state index contributed by atoms with van der Waals surface area (Å²) in [4.78, 5) is 14.3. The first-order chi connectivity index (χ1) is 13.7. The van der Waals surface area contributed by atoms with E-state index in [0.717, 1.165) is 18.5 Å². The van der Waals surface area contributed by atoms with E-state index in [4.69, 9.17) is 5.73 Å². The monoisotopic (exact) mass is 404 g/mol. The average Bonchev–Trinajstić information content (AvgIpc) is 3.00. The SMILES string of the molecule is Cc1c(F)cc(F)c(F)c1-c1cccc(CC2C(N)CCN2CC(=O)C(C)C)c1. The van der Waals surface area contributed by atoms with E-state index >= 15 is 0 Å². The van der Waals surface area contributed by atoms with E-state index in [1.165, 1.54) is 6.92 Å². The first-order valence-electron chi connectivity index (χ1n) is 9.94. The molecule has 0 bridgehead atoms. The van der Waals surface area contributed by atoms with Gasteiger partial charge in [-0.2, -0.15) is 0 Å². The van der Waals surface area contributed by atoms with Gasteiger partial charge in [-0.3, -0.25) is 9.69 Å². The summed E-state index contributed by atoms with van der Waals surface area (Å²) in [5.74, 6) is -2.90. The number of Topliss-reactive ketones (excluding diaryl/α,β-unsaturated/α-hetero) is 1. The fourth-order valence-corrected chi connectivity index (χ4v) is 3.93. The van der Waals surface area contributed by atoms with Gasteiger partial charge in [0.05, 0.1) is 6.54 Å². The summed E-state index contributed by atoms with van der Waals surface area (Å²) < 4.78 is 42.1. The molecule has 0 saturated carbocycles. The topological polar surface area (TPSA) is 46.3 Å². The Balaban J connectivity index is 1.88. The fraction of sp³-hybridized carbons (Fsp3) is 0.435. The van der Waals surface area contributed by atoms with Crippen molar-refractivity contribution in [2.45, 2.75) is 45.7 Å². The van der Waals surface area contributed by atoms with Gasteiger partial charge in [0.25, 0.3) is 0 Å². The van der Waals surface area contributed by atoms with Crippen LogP contribution in [-0.2, 0) is 11.2 Å². The number of nitrogens with two attached hydrogens (primary N) is 1. The van der Waals surface area contributed by atoms with Crippen molar-refractivity contribution in [1.82, 2.24) is 4.90 Å². The summed E-state index contributed by atoms with van der Waals surface area (Å²) in [6, 6.07) is 7.52. The molecule has 2 N–H and O–H groups in total. The van der Waals surface area contributed by atoms with Crippen LogP contribution in [0, 0.1) is 30.3 Å². The Morgan fingerprint density at radius 3 is 2.62 bits per heavy atom. The summed E-state index contributed by atoms with van der Waals surface area (Å²) in [6.07, 6.45) is 1.39. The minimum Gasteiger partial charge on any atom is -0.326 e. The molecule has 2 aromatic rings. The molecule has 1 aliphatic rings. The third kappa shape index (κ3) is 4.54. The molecule has 0 radical (unpaired) electrons. The first-order valence-corrected chi connectivity index (χ1v) is 9.94. The highest BCUT2D eigenvalue weighted by Crippen LogP contribution is 2.31. The Bertz CT molecular complexity index is 887. The molecule has 0 aromatic heterocycles. The van der Waals surface area contributed by atoms with Crippen molar-refractivity contribution in [1.29, 1.82) is 0 Å². The van der Waals surface area contributed by atoms with Crippen LogP contribution in [0.5, 0.6) is 0 Å². The van der Waals surface area contributed by atoms with E-state index in [9.17, 15) is 18.0 Å². The highest BCUT2D eigenvalue weighted by Gasteiger charge is 2.33. The summed E-state index contributed by atoms with van der Waals surface area (Å²) in [6.45, 7) is 6.31. The number of carbonyl (C=O) groups is 1. The molecule has 0 spiro atoms. The third-order valence-electron chi connectivity index (χ3n) is 5.79. The second-order valence-corrected chi connectivity index (χ2v) is 8.17. The van der Waals surface area contributed by atoms with Crippen molar-refractivity contribution >= 4 is 5.78 Å². The maximum absolute atomic E-state index is 14.4. The number of halogens is 3. The molecule has 1 aliphatic heterocycles. The molecule has 1 saturated heterocycles. The molecule has 3 rings (SSSR count). The predicted octanol–water partition coefficient (Wildman–Crippen LogP) is 4.25. The fourth-order valence-electron chi connectivity index (χ4n) is 3.93. The molecule has 3 nitrogen and oxygen atoms in total. The van der Waals surface area contributed by atoms with Crippen LogP contribution < -0.4 is 5.73 Å². The number of carbonyl (C=O) groups excluding carboxylic acids is 1. The van der Waals surface area contributed by atoms with Gasteiger partial charge in [-0.1, -0.05) is 38.1 Å². The van der Waals surface area contributed by atoms with Crippen LogP contribution in [0.15, 0.2) is 30.3 Å². The van der Waals surface area contributed by atoms with Crippen LogP contribution >= 0.6 is 0 Å². The van der Waals surface area contributed by atoms with Gasteiger partial charge in [-0.05, 0) is 36.5 Å². The molecule has 1 fully saturated rings. The highest BCUT2D eigenvalue weighted by atomic mass is 19.2. The number of hydrogen-bond donors (Lipinski definition) is 1. The van der Waals surface area contributed by atoms with Crippen molar-refractivity contribution in [3.8, 4) is 11.1 Å². The van der Waals surface area contributed by atoms with Gasteiger partial charge in [0.1, 0.15) is 11.6 Å². The highest BCUT2D eigenvalue weighted by molar-refractivity contribution is 5.82. The van der Waals surface area contributed by atoms with Crippen LogP contribution in [0.1, 0.15) is 31.4 Å². The smallest absolute Gasteiger partial charge is 0.167 e. The van der Waals surface area contributed by atoms with Gasteiger partial charge in [0.2, 0.25) is 0 Å². The van der Waals surface area contributed by atoms with Crippen LogP contribution in [0.2, 0.25) is 0 Å². The van der Waals surface area contributed by atoms with Crippen molar-refractivity contribution < 1.29 is 18.0 Å². The Hall–Kier alpha value is -2.18. The number of ketones is 1. The largest absolute Gasteiger partial charge is 0.326 e. The minimum absolute atomic E-state index is 0.0110. The summed E-state index contributed by atoms with van der Waals surface area (Å²) >= 11 is 0. The van der Waals surface area contributed by atoms with Crippen molar-refractivity contribution in [2.75, 3.05) is 13.1 Å². The Kier molecular flexibility index (Phi) is 6.44. The quantitative estimate of drug-likeness (QED) is 0.733. The number of likely N-dealkylation sites (tertiary alicyclic amines) is 1. The zero-order valence-corrected chi connectivity index (χ0v) is 17.0. The van der Waals surface area contributed by atoms with E-state index in [-0.39, 0.29) is 34.9 Å². The van der Waals surface area contributed by atoms with E-state index in [1.807, 2.05) is 19.9 Å². The van der Waals surface area contributed by atoms with Crippen LogP contribution in [-0.4, -0.2) is 35.9 Å². The predicted molar refractivity (Wildman–Crippen MR) is 108 cm³/mol.